The van der Waals surface area contributed by atoms with Gasteiger partial charge in [0.25, 0.3) is 0 Å². The Morgan fingerprint density at radius 3 is 2.14 bits per heavy atom. The lowest BCUT2D eigenvalue weighted by Crippen LogP contribution is -2.06. The molecule has 0 atom stereocenters. The molecule has 0 aliphatic heterocycles. The van der Waals surface area contributed by atoms with Gasteiger partial charge in [-0.3, -0.25) is 4.98 Å². The van der Waals surface area contributed by atoms with Gasteiger partial charge in [-0.05, 0) is 42.0 Å². The Hall–Kier alpha value is -2.18. The van der Waals surface area contributed by atoms with Gasteiger partial charge < -0.3 is 0 Å². The van der Waals surface area contributed by atoms with Crippen molar-refractivity contribution in [3.63, 3.8) is 0 Å². The lowest BCUT2D eigenvalue weighted by Gasteiger charge is -2.14. The number of aromatic nitrogens is 1. The lowest BCUT2D eigenvalue weighted by atomic mass is 10.0. The highest BCUT2D eigenvalue weighted by Crippen LogP contribution is 2.38. The molecule has 3 nitrogen and oxygen atoms in total. The van der Waals surface area contributed by atoms with Crippen LogP contribution in [-0.4, -0.2) is 13.4 Å². The fourth-order valence-corrected chi connectivity index (χ4v) is 5.39. The minimum atomic E-state index is -4.06. The van der Waals surface area contributed by atoms with Gasteiger partial charge in [-0.1, -0.05) is 59.1 Å². The van der Waals surface area contributed by atoms with Crippen molar-refractivity contribution in [3.05, 3.63) is 87.7 Å². The molecule has 8 heteroatoms. The summed E-state index contributed by atoms with van der Waals surface area (Å²) in [6.45, 7) is 0. The van der Waals surface area contributed by atoms with Crippen LogP contribution in [0.1, 0.15) is 0 Å². The number of sulfone groups is 1. The van der Waals surface area contributed by atoms with Gasteiger partial charge in [0, 0.05) is 32.2 Å². The SMILES string of the molecule is O=S(=O)(c1cc(Cl)cc(Cl)c1)c1cnc2c(F)cccc2c1-c1ccc(Cl)cc1. The average Bonchev–Trinajstić information content (AvgIpc) is 2.67. The van der Waals surface area contributed by atoms with Crippen LogP contribution in [0.15, 0.2) is 76.7 Å². The summed E-state index contributed by atoms with van der Waals surface area (Å²) in [4.78, 5) is 3.91. The van der Waals surface area contributed by atoms with Crippen LogP contribution in [0.25, 0.3) is 22.0 Å². The third kappa shape index (κ3) is 3.71. The largest absolute Gasteiger partial charge is 0.252 e. The Labute approximate surface area is 181 Å². The molecule has 29 heavy (non-hydrogen) atoms. The molecule has 0 saturated heterocycles. The van der Waals surface area contributed by atoms with E-state index in [0.29, 0.717) is 21.5 Å². The van der Waals surface area contributed by atoms with E-state index < -0.39 is 15.7 Å². The van der Waals surface area contributed by atoms with E-state index in [1.54, 1.807) is 30.3 Å². The molecular formula is C21H11Cl3FNO2S. The van der Waals surface area contributed by atoms with Crippen molar-refractivity contribution < 1.29 is 12.8 Å². The molecule has 1 aromatic heterocycles. The van der Waals surface area contributed by atoms with E-state index in [4.69, 9.17) is 34.8 Å². The van der Waals surface area contributed by atoms with Gasteiger partial charge in [-0.15, -0.1) is 0 Å². The summed E-state index contributed by atoms with van der Waals surface area (Å²) < 4.78 is 41.2. The third-order valence-electron chi connectivity index (χ3n) is 4.38. The van der Waals surface area contributed by atoms with Gasteiger partial charge in [0.15, 0.2) is 0 Å². The predicted molar refractivity (Wildman–Crippen MR) is 114 cm³/mol. The monoisotopic (exact) mass is 465 g/mol. The summed E-state index contributed by atoms with van der Waals surface area (Å²) in [6, 6.07) is 15.1. The van der Waals surface area contributed by atoms with Gasteiger partial charge >= 0.3 is 0 Å². The molecule has 4 rings (SSSR count). The van der Waals surface area contributed by atoms with Crippen molar-refractivity contribution >= 4 is 55.5 Å². The Balaban J connectivity index is 2.09. The van der Waals surface area contributed by atoms with E-state index in [0.717, 1.165) is 6.20 Å². The maximum Gasteiger partial charge on any atom is 0.208 e. The van der Waals surface area contributed by atoms with Gasteiger partial charge in [0.05, 0.1) is 9.79 Å². The zero-order valence-electron chi connectivity index (χ0n) is 14.5. The van der Waals surface area contributed by atoms with E-state index in [1.165, 1.54) is 30.3 Å². The number of rotatable bonds is 3. The van der Waals surface area contributed by atoms with Crippen molar-refractivity contribution in [1.29, 1.82) is 0 Å². The first-order valence-corrected chi connectivity index (χ1v) is 10.9. The molecule has 1 heterocycles. The maximum absolute atomic E-state index is 14.3. The van der Waals surface area contributed by atoms with Crippen LogP contribution in [0.3, 0.4) is 0 Å². The van der Waals surface area contributed by atoms with E-state index in [-0.39, 0.29) is 25.4 Å². The molecular weight excluding hydrogens is 456 g/mol. The summed E-state index contributed by atoms with van der Waals surface area (Å²) >= 11 is 18.0. The van der Waals surface area contributed by atoms with Crippen molar-refractivity contribution in [2.45, 2.75) is 9.79 Å². The number of halogens is 4. The number of pyridine rings is 1. The topological polar surface area (TPSA) is 47.0 Å². The Morgan fingerprint density at radius 1 is 0.828 bits per heavy atom. The highest BCUT2D eigenvalue weighted by Gasteiger charge is 2.26. The number of benzene rings is 3. The number of hydrogen-bond donors (Lipinski definition) is 0. The standard InChI is InChI=1S/C21H11Cl3FNO2S/c22-13-6-4-12(5-7-13)20-17-2-1-3-18(25)21(17)26-11-19(20)29(27,28)16-9-14(23)8-15(24)10-16/h1-11H. The second kappa shape index (κ2) is 7.58. The molecule has 3 aromatic carbocycles. The molecule has 0 spiro atoms. The van der Waals surface area contributed by atoms with E-state index in [9.17, 15) is 12.8 Å². The molecule has 4 aromatic rings. The molecule has 0 N–H and O–H groups in total. The molecule has 0 bridgehead atoms. The first kappa shape index (κ1) is 20.1. The zero-order valence-corrected chi connectivity index (χ0v) is 17.6. The fourth-order valence-electron chi connectivity index (χ4n) is 3.10. The van der Waals surface area contributed by atoms with Gasteiger partial charge in [0.1, 0.15) is 11.3 Å². The van der Waals surface area contributed by atoms with Crippen LogP contribution in [0.4, 0.5) is 4.39 Å². The summed E-state index contributed by atoms with van der Waals surface area (Å²) in [6.07, 6.45) is 1.15. The first-order chi connectivity index (χ1) is 13.8. The van der Waals surface area contributed by atoms with Crippen molar-refractivity contribution in [2.75, 3.05) is 0 Å². The zero-order chi connectivity index (χ0) is 20.8. The van der Waals surface area contributed by atoms with Crippen molar-refractivity contribution in [1.82, 2.24) is 4.98 Å². The van der Waals surface area contributed by atoms with Gasteiger partial charge in [0.2, 0.25) is 9.84 Å². The van der Waals surface area contributed by atoms with Crippen LogP contribution in [0.5, 0.6) is 0 Å². The number of hydrogen-bond acceptors (Lipinski definition) is 3. The summed E-state index contributed by atoms with van der Waals surface area (Å²) in [5, 5.41) is 1.22. The van der Waals surface area contributed by atoms with Crippen LogP contribution >= 0.6 is 34.8 Å². The second-order valence-corrected chi connectivity index (χ2v) is 9.48. The first-order valence-electron chi connectivity index (χ1n) is 8.32. The predicted octanol–water partition coefficient (Wildman–Crippen LogP) is 6.83. The number of para-hydroxylation sites is 1. The smallest absolute Gasteiger partial charge is 0.208 e. The Bertz CT molecular complexity index is 1340. The van der Waals surface area contributed by atoms with Crippen LogP contribution in [0, 0.1) is 5.82 Å². The van der Waals surface area contributed by atoms with E-state index >= 15 is 0 Å². The molecule has 0 unspecified atom stereocenters. The molecule has 0 saturated carbocycles. The minimum Gasteiger partial charge on any atom is -0.252 e. The van der Waals surface area contributed by atoms with E-state index in [2.05, 4.69) is 4.98 Å². The molecule has 0 aliphatic rings. The van der Waals surface area contributed by atoms with Crippen LogP contribution in [0.2, 0.25) is 15.1 Å². The van der Waals surface area contributed by atoms with E-state index in [1.807, 2.05) is 0 Å². The third-order valence-corrected chi connectivity index (χ3v) is 6.82. The van der Waals surface area contributed by atoms with Crippen molar-refractivity contribution in [3.8, 4) is 11.1 Å². The molecule has 0 radical (unpaired) electrons. The number of fused-ring (bicyclic) bond motifs is 1. The van der Waals surface area contributed by atoms with Crippen LogP contribution in [-0.2, 0) is 9.84 Å². The molecule has 146 valence electrons. The van der Waals surface area contributed by atoms with Crippen LogP contribution < -0.4 is 0 Å². The lowest BCUT2D eigenvalue weighted by molar-refractivity contribution is 0.596. The fraction of sp³-hybridized carbons (Fsp3) is 0. The number of nitrogens with zero attached hydrogens (tertiary/aromatic N) is 1. The van der Waals surface area contributed by atoms with Gasteiger partial charge in [-0.2, -0.15) is 0 Å². The highest BCUT2D eigenvalue weighted by atomic mass is 35.5. The Kier molecular flexibility index (Phi) is 5.25. The average molecular weight is 467 g/mol. The normalized spacial score (nSPS) is 11.7. The highest BCUT2D eigenvalue weighted by molar-refractivity contribution is 7.91. The van der Waals surface area contributed by atoms with Gasteiger partial charge in [-0.25, -0.2) is 12.8 Å². The maximum atomic E-state index is 14.3. The Morgan fingerprint density at radius 2 is 1.48 bits per heavy atom. The second-order valence-electron chi connectivity index (χ2n) is 6.25. The summed E-state index contributed by atoms with van der Waals surface area (Å²) in [5.41, 5.74) is 0.946. The summed E-state index contributed by atoms with van der Waals surface area (Å²) in [7, 11) is -4.06. The quantitative estimate of drug-likeness (QED) is 0.332. The molecule has 0 fully saturated rings. The minimum absolute atomic E-state index is 0.0699. The summed E-state index contributed by atoms with van der Waals surface area (Å²) in [5.74, 6) is -0.549. The molecule has 0 amide bonds. The van der Waals surface area contributed by atoms with Crippen molar-refractivity contribution in [2.24, 2.45) is 0 Å². The molecule has 0 aliphatic carbocycles.